The third kappa shape index (κ3) is 2.27. The normalized spacial score (nSPS) is 44.8. The third-order valence-corrected chi connectivity index (χ3v) is 4.56. The minimum atomic E-state index is 0.422. The van der Waals surface area contributed by atoms with Crippen LogP contribution in [0.25, 0.3) is 0 Å². The maximum Gasteiger partial charge on any atom is 0.0480 e. The molecule has 0 radical (unpaired) electrons. The summed E-state index contributed by atoms with van der Waals surface area (Å²) in [5.41, 5.74) is 0.422. The summed E-state index contributed by atoms with van der Waals surface area (Å²) in [6.07, 6.45) is 7.77. The van der Waals surface area contributed by atoms with Crippen LogP contribution in [0, 0.1) is 0 Å². The van der Waals surface area contributed by atoms with Gasteiger partial charge in [0, 0.05) is 36.9 Å². The maximum absolute atomic E-state index is 5.41. The molecule has 3 heterocycles. The van der Waals surface area contributed by atoms with E-state index in [-0.39, 0.29) is 0 Å². The number of nitrogens with one attached hydrogen (secondary N) is 2. The summed E-state index contributed by atoms with van der Waals surface area (Å²) in [7, 11) is 0. The number of rotatable bonds is 2. The van der Waals surface area contributed by atoms with E-state index in [1.165, 1.54) is 38.5 Å². The summed E-state index contributed by atoms with van der Waals surface area (Å²) >= 11 is 0. The lowest BCUT2D eigenvalue weighted by atomic mass is 9.88. The van der Waals surface area contributed by atoms with Gasteiger partial charge in [0.05, 0.1) is 0 Å². The molecule has 16 heavy (non-hydrogen) atoms. The number of hydrogen-bond donors (Lipinski definition) is 2. The van der Waals surface area contributed by atoms with Crippen LogP contribution >= 0.6 is 0 Å². The minimum absolute atomic E-state index is 0.422. The van der Waals surface area contributed by atoms with E-state index in [0.717, 1.165) is 25.3 Å². The van der Waals surface area contributed by atoms with Crippen LogP contribution in [0.1, 0.15) is 45.4 Å². The second-order valence-electron chi connectivity index (χ2n) is 6.13. The quantitative estimate of drug-likeness (QED) is 0.744. The molecule has 3 fully saturated rings. The van der Waals surface area contributed by atoms with E-state index in [1.54, 1.807) is 0 Å². The lowest BCUT2D eigenvalue weighted by Crippen LogP contribution is -2.55. The first kappa shape index (κ1) is 11.0. The van der Waals surface area contributed by atoms with Crippen molar-refractivity contribution in [3.05, 3.63) is 0 Å². The van der Waals surface area contributed by atoms with E-state index < -0.39 is 0 Å². The monoisotopic (exact) mass is 224 g/mol. The van der Waals surface area contributed by atoms with Crippen molar-refractivity contribution in [2.75, 3.05) is 13.2 Å². The summed E-state index contributed by atoms with van der Waals surface area (Å²) in [5.74, 6) is 0. The van der Waals surface area contributed by atoms with Gasteiger partial charge in [-0.25, -0.2) is 0 Å². The van der Waals surface area contributed by atoms with E-state index in [0.29, 0.717) is 11.6 Å². The second kappa shape index (κ2) is 4.28. The fourth-order valence-corrected chi connectivity index (χ4v) is 3.76. The minimum Gasteiger partial charge on any atom is -0.381 e. The molecule has 0 aromatic heterocycles. The van der Waals surface area contributed by atoms with Crippen molar-refractivity contribution in [1.29, 1.82) is 0 Å². The first-order chi connectivity index (χ1) is 7.73. The molecule has 3 aliphatic heterocycles. The highest BCUT2D eigenvalue weighted by molar-refractivity contribution is 5.03. The van der Waals surface area contributed by atoms with E-state index in [2.05, 4.69) is 17.6 Å². The van der Waals surface area contributed by atoms with Gasteiger partial charge in [0.1, 0.15) is 0 Å². The Morgan fingerprint density at radius 2 is 2.00 bits per heavy atom. The first-order valence-corrected chi connectivity index (χ1v) is 6.85. The number of hydrogen-bond acceptors (Lipinski definition) is 3. The van der Waals surface area contributed by atoms with E-state index >= 15 is 0 Å². The Hall–Kier alpha value is -0.120. The molecule has 0 spiro atoms. The van der Waals surface area contributed by atoms with Gasteiger partial charge >= 0.3 is 0 Å². The van der Waals surface area contributed by atoms with Crippen LogP contribution in [0.3, 0.4) is 0 Å². The Kier molecular flexibility index (Phi) is 2.94. The Morgan fingerprint density at radius 1 is 1.19 bits per heavy atom. The van der Waals surface area contributed by atoms with Gasteiger partial charge in [-0.3, -0.25) is 0 Å². The molecule has 0 aliphatic carbocycles. The predicted molar refractivity (Wildman–Crippen MR) is 64.6 cm³/mol. The summed E-state index contributed by atoms with van der Waals surface area (Å²) in [5, 5.41) is 7.63. The fourth-order valence-electron chi connectivity index (χ4n) is 3.76. The van der Waals surface area contributed by atoms with Crippen molar-refractivity contribution in [3.8, 4) is 0 Å². The van der Waals surface area contributed by atoms with E-state index in [1.807, 2.05) is 0 Å². The van der Waals surface area contributed by atoms with Crippen LogP contribution in [-0.2, 0) is 4.74 Å². The molecule has 3 nitrogen and oxygen atoms in total. The molecule has 0 amide bonds. The van der Waals surface area contributed by atoms with Gasteiger partial charge in [-0.2, -0.15) is 0 Å². The molecule has 3 rings (SSSR count). The Morgan fingerprint density at radius 3 is 2.75 bits per heavy atom. The third-order valence-electron chi connectivity index (χ3n) is 4.56. The molecular formula is C13H24N2O. The predicted octanol–water partition coefficient (Wildman–Crippen LogP) is 1.43. The Balaban J connectivity index is 1.55. The smallest absolute Gasteiger partial charge is 0.0480 e. The molecule has 92 valence electrons. The lowest BCUT2D eigenvalue weighted by molar-refractivity contribution is 0.0709. The van der Waals surface area contributed by atoms with Gasteiger partial charge in [0.15, 0.2) is 0 Å². The summed E-state index contributed by atoms with van der Waals surface area (Å²) < 4.78 is 5.41. The molecule has 2 bridgehead atoms. The van der Waals surface area contributed by atoms with Crippen molar-refractivity contribution in [1.82, 2.24) is 10.6 Å². The SMILES string of the molecule is CC12CCC(CC(NC3CCOCC3)C1)N2. The molecular weight excluding hydrogens is 200 g/mol. The lowest BCUT2D eigenvalue weighted by Gasteiger charge is -2.39. The van der Waals surface area contributed by atoms with Crippen molar-refractivity contribution in [2.24, 2.45) is 0 Å². The van der Waals surface area contributed by atoms with Crippen molar-refractivity contribution in [3.63, 3.8) is 0 Å². The Bertz CT molecular complexity index is 252. The number of fused-ring (bicyclic) bond motifs is 2. The van der Waals surface area contributed by atoms with Crippen LogP contribution < -0.4 is 10.6 Å². The van der Waals surface area contributed by atoms with Crippen molar-refractivity contribution >= 4 is 0 Å². The summed E-state index contributed by atoms with van der Waals surface area (Å²) in [6.45, 7) is 4.29. The van der Waals surface area contributed by atoms with Gasteiger partial charge in [-0.1, -0.05) is 0 Å². The van der Waals surface area contributed by atoms with Gasteiger partial charge in [-0.15, -0.1) is 0 Å². The van der Waals surface area contributed by atoms with Gasteiger partial charge in [0.25, 0.3) is 0 Å². The molecule has 0 aromatic carbocycles. The number of ether oxygens (including phenoxy) is 1. The molecule has 3 atom stereocenters. The van der Waals surface area contributed by atoms with Crippen LogP contribution in [0.5, 0.6) is 0 Å². The van der Waals surface area contributed by atoms with Crippen molar-refractivity contribution in [2.45, 2.75) is 69.1 Å². The topological polar surface area (TPSA) is 33.3 Å². The largest absolute Gasteiger partial charge is 0.381 e. The second-order valence-corrected chi connectivity index (χ2v) is 6.13. The maximum atomic E-state index is 5.41. The van der Waals surface area contributed by atoms with Crippen LogP contribution in [0.2, 0.25) is 0 Å². The van der Waals surface area contributed by atoms with Crippen LogP contribution in [-0.4, -0.2) is 36.9 Å². The average Bonchev–Trinajstić information content (AvgIpc) is 2.54. The fraction of sp³-hybridized carbons (Fsp3) is 1.00. The van der Waals surface area contributed by atoms with Gasteiger partial charge in [-0.05, 0) is 45.4 Å². The molecule has 3 saturated heterocycles. The van der Waals surface area contributed by atoms with Crippen LogP contribution in [0.4, 0.5) is 0 Å². The highest BCUT2D eigenvalue weighted by atomic mass is 16.5. The van der Waals surface area contributed by atoms with E-state index in [4.69, 9.17) is 4.74 Å². The number of piperidine rings is 1. The molecule has 3 heteroatoms. The zero-order chi connectivity index (χ0) is 11.0. The first-order valence-electron chi connectivity index (χ1n) is 6.85. The van der Waals surface area contributed by atoms with Crippen molar-refractivity contribution < 1.29 is 4.74 Å². The highest BCUT2D eigenvalue weighted by Gasteiger charge is 2.42. The highest BCUT2D eigenvalue weighted by Crippen LogP contribution is 2.35. The molecule has 2 N–H and O–H groups in total. The average molecular weight is 224 g/mol. The van der Waals surface area contributed by atoms with Gasteiger partial charge in [0.2, 0.25) is 0 Å². The van der Waals surface area contributed by atoms with E-state index in [9.17, 15) is 0 Å². The molecule has 0 aromatic rings. The Labute approximate surface area is 98.3 Å². The summed E-state index contributed by atoms with van der Waals surface area (Å²) in [6, 6.07) is 2.22. The molecule has 3 unspecified atom stereocenters. The standard InChI is InChI=1S/C13H24N2O/c1-13-5-2-11(15-13)8-12(9-13)14-10-3-6-16-7-4-10/h10-12,14-15H,2-9H2,1H3. The van der Waals surface area contributed by atoms with Gasteiger partial charge < -0.3 is 15.4 Å². The zero-order valence-electron chi connectivity index (χ0n) is 10.3. The zero-order valence-corrected chi connectivity index (χ0v) is 10.3. The summed E-state index contributed by atoms with van der Waals surface area (Å²) in [4.78, 5) is 0. The molecule has 0 saturated carbocycles. The van der Waals surface area contributed by atoms with Crippen LogP contribution in [0.15, 0.2) is 0 Å². The molecule has 3 aliphatic rings.